The first-order valence-electron chi connectivity index (χ1n) is 8.81. The number of ether oxygens (including phenoxy) is 1. The van der Waals surface area contributed by atoms with E-state index in [1.807, 2.05) is 0 Å². The maximum Gasteiger partial charge on any atom is 0.328 e. The van der Waals surface area contributed by atoms with Gasteiger partial charge >= 0.3 is 5.97 Å². The van der Waals surface area contributed by atoms with Crippen LogP contribution in [0.3, 0.4) is 0 Å². The molecule has 0 saturated heterocycles. The minimum atomic E-state index is -1.10. The topological polar surface area (TPSA) is 145 Å². The van der Waals surface area contributed by atoms with Crippen LogP contribution in [0.15, 0.2) is 48.5 Å². The molecule has 0 heterocycles. The molecule has 2 N–H and O–H groups in total. The van der Waals surface area contributed by atoms with Crippen LogP contribution in [0.2, 0.25) is 0 Å². The number of carbonyl (C=O) groups is 4. The number of nitro benzene ring substituents is 1. The Labute approximate surface area is 171 Å². The lowest BCUT2D eigenvalue weighted by molar-refractivity contribution is -0.384. The number of anilines is 1. The van der Waals surface area contributed by atoms with Crippen LogP contribution in [0.5, 0.6) is 0 Å². The minimum absolute atomic E-state index is 0.00225. The van der Waals surface area contributed by atoms with Gasteiger partial charge in [-0.2, -0.15) is 0 Å². The van der Waals surface area contributed by atoms with E-state index in [2.05, 4.69) is 10.6 Å². The summed E-state index contributed by atoms with van der Waals surface area (Å²) in [7, 11) is 0. The summed E-state index contributed by atoms with van der Waals surface area (Å²) in [6, 6.07) is 10.3. The maximum absolute atomic E-state index is 12.2. The number of para-hydroxylation sites is 1. The van der Waals surface area contributed by atoms with Gasteiger partial charge in [0.15, 0.2) is 12.4 Å². The fourth-order valence-electron chi connectivity index (χ4n) is 2.45. The minimum Gasteiger partial charge on any atom is -0.454 e. The van der Waals surface area contributed by atoms with Crippen molar-refractivity contribution in [2.75, 3.05) is 11.9 Å². The second kappa shape index (κ2) is 9.92. The largest absolute Gasteiger partial charge is 0.454 e. The third kappa shape index (κ3) is 5.96. The van der Waals surface area contributed by atoms with Gasteiger partial charge in [-0.15, -0.1) is 0 Å². The molecule has 0 unspecified atom stereocenters. The van der Waals surface area contributed by atoms with Crippen molar-refractivity contribution in [2.24, 2.45) is 0 Å². The third-order valence-corrected chi connectivity index (χ3v) is 3.95. The van der Waals surface area contributed by atoms with Crippen molar-refractivity contribution in [2.45, 2.75) is 19.9 Å². The molecule has 10 nitrogen and oxygen atoms in total. The quantitative estimate of drug-likeness (QED) is 0.292. The lowest BCUT2D eigenvalue weighted by Crippen LogP contribution is -2.40. The SMILES string of the molecule is CC(=O)c1ccccc1NC(=O)COC(=O)[C@H](C)NC(=O)c1cccc([N+](=O)[O-])c1. The molecule has 2 aromatic carbocycles. The van der Waals surface area contributed by atoms with Crippen LogP contribution in [-0.2, 0) is 14.3 Å². The number of hydrogen-bond donors (Lipinski definition) is 2. The number of nitro groups is 1. The van der Waals surface area contributed by atoms with E-state index in [1.54, 1.807) is 24.3 Å². The normalized spacial score (nSPS) is 11.1. The summed E-state index contributed by atoms with van der Waals surface area (Å²) in [4.78, 5) is 57.9. The Bertz CT molecular complexity index is 1000. The van der Waals surface area contributed by atoms with Crippen molar-refractivity contribution < 1.29 is 28.8 Å². The highest BCUT2D eigenvalue weighted by Crippen LogP contribution is 2.15. The summed E-state index contributed by atoms with van der Waals surface area (Å²) >= 11 is 0. The number of hydrogen-bond acceptors (Lipinski definition) is 7. The van der Waals surface area contributed by atoms with Crippen LogP contribution in [0.25, 0.3) is 0 Å². The van der Waals surface area contributed by atoms with E-state index in [-0.39, 0.29) is 22.7 Å². The number of Topliss-reactive ketones (excluding diaryl/α,β-unsaturated/α-hetero) is 1. The fourth-order valence-corrected chi connectivity index (χ4v) is 2.45. The molecule has 10 heteroatoms. The van der Waals surface area contributed by atoms with E-state index in [4.69, 9.17) is 4.74 Å². The van der Waals surface area contributed by atoms with E-state index < -0.39 is 35.4 Å². The van der Waals surface area contributed by atoms with Gasteiger partial charge in [0, 0.05) is 23.3 Å². The summed E-state index contributed by atoms with van der Waals surface area (Å²) < 4.78 is 4.88. The molecular weight excluding hydrogens is 394 g/mol. The number of esters is 1. The zero-order chi connectivity index (χ0) is 22.3. The van der Waals surface area contributed by atoms with Crippen LogP contribution in [0.1, 0.15) is 34.6 Å². The first-order chi connectivity index (χ1) is 14.2. The fraction of sp³-hybridized carbons (Fsp3) is 0.200. The number of ketones is 1. The zero-order valence-electron chi connectivity index (χ0n) is 16.2. The van der Waals surface area contributed by atoms with Crippen LogP contribution in [-0.4, -0.2) is 41.1 Å². The zero-order valence-corrected chi connectivity index (χ0v) is 16.2. The number of carbonyl (C=O) groups excluding carboxylic acids is 4. The monoisotopic (exact) mass is 413 g/mol. The Morgan fingerprint density at radius 1 is 1.10 bits per heavy atom. The van der Waals surface area contributed by atoms with Gasteiger partial charge in [0.2, 0.25) is 0 Å². The first-order valence-corrected chi connectivity index (χ1v) is 8.81. The van der Waals surface area contributed by atoms with Crippen molar-refractivity contribution in [1.82, 2.24) is 5.32 Å². The molecular formula is C20H19N3O7. The van der Waals surface area contributed by atoms with Crippen LogP contribution in [0, 0.1) is 10.1 Å². The maximum atomic E-state index is 12.2. The van der Waals surface area contributed by atoms with Gasteiger partial charge in [-0.3, -0.25) is 24.5 Å². The molecule has 0 aromatic heterocycles. The predicted molar refractivity (Wildman–Crippen MR) is 106 cm³/mol. The van der Waals surface area contributed by atoms with E-state index in [1.165, 1.54) is 32.0 Å². The van der Waals surface area contributed by atoms with Crippen molar-refractivity contribution in [3.8, 4) is 0 Å². The number of nitrogens with one attached hydrogen (secondary N) is 2. The van der Waals surface area contributed by atoms with E-state index in [0.29, 0.717) is 5.56 Å². The number of amides is 2. The Balaban J connectivity index is 1.89. The summed E-state index contributed by atoms with van der Waals surface area (Å²) in [6.45, 7) is 2.08. The van der Waals surface area contributed by atoms with Gasteiger partial charge in [-0.05, 0) is 32.0 Å². The molecule has 1 atom stereocenters. The molecule has 156 valence electrons. The van der Waals surface area contributed by atoms with Gasteiger partial charge in [-0.25, -0.2) is 4.79 Å². The Kier molecular flexibility index (Phi) is 7.34. The van der Waals surface area contributed by atoms with Crippen molar-refractivity contribution in [3.63, 3.8) is 0 Å². The third-order valence-electron chi connectivity index (χ3n) is 3.95. The molecule has 0 spiro atoms. The summed E-state index contributed by atoms with van der Waals surface area (Å²) in [6.07, 6.45) is 0. The first kappa shape index (κ1) is 22.2. The molecule has 0 aliphatic heterocycles. The predicted octanol–water partition coefficient (Wildman–Crippen LogP) is 2.10. The Morgan fingerprint density at radius 2 is 1.80 bits per heavy atom. The number of non-ortho nitro benzene ring substituents is 1. The van der Waals surface area contributed by atoms with E-state index in [0.717, 1.165) is 6.07 Å². The highest BCUT2D eigenvalue weighted by Gasteiger charge is 2.20. The van der Waals surface area contributed by atoms with Gasteiger partial charge in [0.05, 0.1) is 10.6 Å². The molecule has 0 aliphatic carbocycles. The van der Waals surface area contributed by atoms with Gasteiger partial charge in [0.1, 0.15) is 6.04 Å². The van der Waals surface area contributed by atoms with Crippen molar-refractivity contribution in [1.29, 1.82) is 0 Å². The molecule has 0 aliphatic rings. The Hall–Kier alpha value is -4.08. The van der Waals surface area contributed by atoms with Crippen molar-refractivity contribution in [3.05, 3.63) is 69.8 Å². The van der Waals surface area contributed by atoms with Crippen molar-refractivity contribution >= 4 is 34.9 Å². The summed E-state index contributed by atoms with van der Waals surface area (Å²) in [5, 5.41) is 15.6. The molecule has 0 saturated carbocycles. The molecule has 2 aromatic rings. The molecule has 2 rings (SSSR count). The second-order valence-corrected chi connectivity index (χ2v) is 6.26. The number of benzene rings is 2. The van der Waals surface area contributed by atoms with Crippen LogP contribution in [0.4, 0.5) is 11.4 Å². The standard InChI is InChI=1S/C20H19N3O7/c1-12(21-19(26)14-6-5-7-15(10-14)23(28)29)20(27)30-11-18(25)22-17-9-4-3-8-16(17)13(2)24/h3-10,12H,11H2,1-2H3,(H,21,26)(H,22,25)/t12-/m0/s1. The molecule has 0 radical (unpaired) electrons. The molecule has 0 bridgehead atoms. The lowest BCUT2D eigenvalue weighted by atomic mass is 10.1. The molecule has 30 heavy (non-hydrogen) atoms. The van der Waals surface area contributed by atoms with E-state index >= 15 is 0 Å². The average molecular weight is 413 g/mol. The summed E-state index contributed by atoms with van der Waals surface area (Å²) in [5.41, 5.74) is 0.343. The second-order valence-electron chi connectivity index (χ2n) is 6.26. The van der Waals surface area contributed by atoms with Crippen LogP contribution >= 0.6 is 0 Å². The van der Waals surface area contributed by atoms with E-state index in [9.17, 15) is 29.3 Å². The van der Waals surface area contributed by atoms with Gasteiger partial charge in [-0.1, -0.05) is 18.2 Å². The van der Waals surface area contributed by atoms with Gasteiger partial charge < -0.3 is 15.4 Å². The van der Waals surface area contributed by atoms with Gasteiger partial charge in [0.25, 0.3) is 17.5 Å². The molecule has 0 fully saturated rings. The highest BCUT2D eigenvalue weighted by molar-refractivity contribution is 6.04. The smallest absolute Gasteiger partial charge is 0.328 e. The van der Waals surface area contributed by atoms with Crippen LogP contribution < -0.4 is 10.6 Å². The lowest BCUT2D eigenvalue weighted by Gasteiger charge is -2.14. The Morgan fingerprint density at radius 3 is 2.47 bits per heavy atom. The number of rotatable bonds is 8. The highest BCUT2D eigenvalue weighted by atomic mass is 16.6. The molecule has 2 amide bonds. The number of nitrogens with zero attached hydrogens (tertiary/aromatic N) is 1. The summed E-state index contributed by atoms with van der Waals surface area (Å²) in [5.74, 6) is -2.47. The average Bonchev–Trinajstić information content (AvgIpc) is 2.72.